The lowest BCUT2D eigenvalue weighted by Crippen LogP contribution is -2.07. The Bertz CT molecular complexity index is 1050. The van der Waals surface area contributed by atoms with Crippen LogP contribution in [0.5, 0.6) is 0 Å². The normalized spacial score (nSPS) is 11.0. The maximum absolute atomic E-state index is 12.1. The van der Waals surface area contributed by atoms with Crippen molar-refractivity contribution in [3.05, 3.63) is 71.8 Å². The molecule has 0 aliphatic carbocycles. The molecule has 4 aromatic rings. The van der Waals surface area contributed by atoms with E-state index in [0.29, 0.717) is 5.82 Å². The second kappa shape index (κ2) is 6.84. The summed E-state index contributed by atoms with van der Waals surface area (Å²) in [5.41, 5.74) is 3.50. The van der Waals surface area contributed by atoms with Gasteiger partial charge in [0.15, 0.2) is 6.61 Å². The van der Waals surface area contributed by atoms with E-state index in [-0.39, 0.29) is 24.9 Å². The number of hydrogen-bond donors (Lipinski definition) is 0. The van der Waals surface area contributed by atoms with E-state index in [2.05, 4.69) is 10.1 Å². The van der Waals surface area contributed by atoms with E-state index in [1.807, 2.05) is 55.5 Å². The topological polar surface area (TPSA) is 78.4 Å². The molecule has 4 rings (SSSR count). The summed E-state index contributed by atoms with van der Waals surface area (Å²) in [5.74, 6) is 0.338. The number of rotatable bonds is 5. The fraction of sp³-hybridized carbons (Fsp3) is 0.150. The van der Waals surface area contributed by atoms with E-state index < -0.39 is 0 Å². The molecule has 0 unspecified atom stereocenters. The van der Waals surface area contributed by atoms with E-state index in [1.54, 1.807) is 6.26 Å². The van der Waals surface area contributed by atoms with Crippen LogP contribution < -0.4 is 0 Å². The first-order valence-electron chi connectivity index (χ1n) is 8.19. The Morgan fingerprint density at radius 1 is 1.15 bits per heavy atom. The molecule has 0 radical (unpaired) electrons. The van der Waals surface area contributed by atoms with Crippen LogP contribution in [-0.4, -0.2) is 16.1 Å². The number of nitrogens with zero attached hydrogens (tertiary/aromatic N) is 2. The standard InChI is InChI=1S/C20H16N2O4/c1-13-7-8-16-15(11-24-17(16)9-13)10-19(23)25-12-18-21-20(22-26-18)14-5-3-2-4-6-14/h2-9,11H,10,12H2,1H3. The molecule has 0 atom stereocenters. The molecule has 0 N–H and O–H groups in total. The molecule has 6 heteroatoms. The second-order valence-corrected chi connectivity index (χ2v) is 5.98. The second-order valence-electron chi connectivity index (χ2n) is 5.98. The zero-order chi connectivity index (χ0) is 17.9. The van der Waals surface area contributed by atoms with Gasteiger partial charge in [0.2, 0.25) is 5.82 Å². The maximum atomic E-state index is 12.1. The zero-order valence-corrected chi connectivity index (χ0v) is 14.1. The van der Waals surface area contributed by atoms with Crippen LogP contribution in [0, 0.1) is 6.92 Å². The van der Waals surface area contributed by atoms with E-state index >= 15 is 0 Å². The molecule has 2 aromatic carbocycles. The van der Waals surface area contributed by atoms with E-state index in [0.717, 1.165) is 27.7 Å². The highest BCUT2D eigenvalue weighted by Crippen LogP contribution is 2.23. The van der Waals surface area contributed by atoms with Crippen molar-refractivity contribution in [1.29, 1.82) is 0 Å². The SMILES string of the molecule is Cc1ccc2c(CC(=O)OCc3nc(-c4ccccc4)no3)coc2c1. The number of furan rings is 1. The molecule has 0 fully saturated rings. The lowest BCUT2D eigenvalue weighted by Gasteiger charge is -2.01. The minimum absolute atomic E-state index is 0.0619. The van der Waals surface area contributed by atoms with Gasteiger partial charge in [-0.05, 0) is 18.6 Å². The predicted molar refractivity (Wildman–Crippen MR) is 94.2 cm³/mol. The Hall–Kier alpha value is -3.41. The zero-order valence-electron chi connectivity index (χ0n) is 14.1. The summed E-state index contributed by atoms with van der Waals surface area (Å²) in [7, 11) is 0. The maximum Gasteiger partial charge on any atom is 0.310 e. The lowest BCUT2D eigenvalue weighted by atomic mass is 10.1. The summed E-state index contributed by atoms with van der Waals surface area (Å²) < 4.78 is 15.9. The van der Waals surface area contributed by atoms with E-state index in [4.69, 9.17) is 13.7 Å². The predicted octanol–water partition coefficient (Wildman–Crippen LogP) is 4.08. The van der Waals surface area contributed by atoms with Crippen LogP contribution in [0.4, 0.5) is 0 Å². The van der Waals surface area contributed by atoms with Crippen molar-refractivity contribution in [1.82, 2.24) is 10.1 Å². The smallest absolute Gasteiger partial charge is 0.310 e. The van der Waals surface area contributed by atoms with Crippen molar-refractivity contribution in [3.8, 4) is 11.4 Å². The third-order valence-electron chi connectivity index (χ3n) is 4.00. The van der Waals surface area contributed by atoms with Crippen molar-refractivity contribution < 1.29 is 18.5 Å². The molecule has 0 saturated heterocycles. The molecular formula is C20H16N2O4. The molecule has 26 heavy (non-hydrogen) atoms. The largest absolute Gasteiger partial charge is 0.464 e. The summed E-state index contributed by atoms with van der Waals surface area (Å²) in [6, 6.07) is 15.3. The van der Waals surface area contributed by atoms with E-state index in [1.165, 1.54) is 0 Å². The van der Waals surface area contributed by atoms with E-state index in [9.17, 15) is 4.79 Å². The first kappa shape index (κ1) is 16.1. The molecular weight excluding hydrogens is 332 g/mol. The molecule has 130 valence electrons. The van der Waals surface area contributed by atoms with Crippen LogP contribution in [0.3, 0.4) is 0 Å². The van der Waals surface area contributed by atoms with Crippen LogP contribution in [0.2, 0.25) is 0 Å². The molecule has 0 aliphatic rings. The van der Waals surface area contributed by atoms with Crippen molar-refractivity contribution in [3.63, 3.8) is 0 Å². The Morgan fingerprint density at radius 2 is 2.00 bits per heavy atom. The van der Waals surface area contributed by atoms with Crippen LogP contribution in [0.15, 0.2) is 63.7 Å². The van der Waals surface area contributed by atoms with Gasteiger partial charge in [-0.1, -0.05) is 47.6 Å². The third-order valence-corrected chi connectivity index (χ3v) is 4.00. The highest BCUT2D eigenvalue weighted by molar-refractivity contribution is 5.86. The Balaban J connectivity index is 1.39. The van der Waals surface area contributed by atoms with Gasteiger partial charge in [-0.25, -0.2) is 0 Å². The summed E-state index contributed by atoms with van der Waals surface area (Å²) >= 11 is 0. The molecule has 0 saturated carbocycles. The van der Waals surface area contributed by atoms with Gasteiger partial charge in [0.1, 0.15) is 5.58 Å². The summed E-state index contributed by atoms with van der Waals surface area (Å²) in [6.07, 6.45) is 1.71. The summed E-state index contributed by atoms with van der Waals surface area (Å²) in [5, 5.41) is 4.81. The van der Waals surface area contributed by atoms with Gasteiger partial charge in [-0.15, -0.1) is 0 Å². The number of ether oxygens (including phenoxy) is 1. The van der Waals surface area contributed by atoms with Gasteiger partial charge in [0.05, 0.1) is 12.7 Å². The fourth-order valence-electron chi connectivity index (χ4n) is 2.69. The number of aryl methyl sites for hydroxylation is 1. The van der Waals surface area contributed by atoms with Crippen molar-refractivity contribution in [2.75, 3.05) is 0 Å². The van der Waals surface area contributed by atoms with Gasteiger partial charge in [0, 0.05) is 16.5 Å². The average molecular weight is 348 g/mol. The van der Waals surface area contributed by atoms with Gasteiger partial charge >= 0.3 is 5.97 Å². The van der Waals surface area contributed by atoms with Crippen LogP contribution in [0.25, 0.3) is 22.4 Å². The number of esters is 1. The quantitative estimate of drug-likeness (QED) is 0.506. The number of hydrogen-bond acceptors (Lipinski definition) is 6. The van der Waals surface area contributed by atoms with Gasteiger partial charge in [-0.2, -0.15) is 4.98 Å². The van der Waals surface area contributed by atoms with Gasteiger partial charge in [0.25, 0.3) is 5.89 Å². The molecule has 0 amide bonds. The number of carbonyl (C=O) groups is 1. The Labute approximate surface area is 149 Å². The Morgan fingerprint density at radius 3 is 2.85 bits per heavy atom. The molecule has 2 aromatic heterocycles. The minimum atomic E-state index is -0.382. The first-order valence-corrected chi connectivity index (χ1v) is 8.19. The minimum Gasteiger partial charge on any atom is -0.464 e. The van der Waals surface area contributed by atoms with Crippen LogP contribution in [0.1, 0.15) is 17.0 Å². The number of carbonyl (C=O) groups excluding carboxylic acids is 1. The number of benzene rings is 2. The third kappa shape index (κ3) is 3.35. The Kier molecular flexibility index (Phi) is 4.23. The average Bonchev–Trinajstić information content (AvgIpc) is 3.28. The molecule has 0 bridgehead atoms. The highest BCUT2D eigenvalue weighted by Gasteiger charge is 2.14. The van der Waals surface area contributed by atoms with Crippen molar-refractivity contribution in [2.45, 2.75) is 20.0 Å². The number of fused-ring (bicyclic) bond motifs is 1. The number of aromatic nitrogens is 2. The summed E-state index contributed by atoms with van der Waals surface area (Å²) in [6.45, 7) is 1.93. The molecule has 0 aliphatic heterocycles. The molecule has 2 heterocycles. The highest BCUT2D eigenvalue weighted by atomic mass is 16.6. The van der Waals surface area contributed by atoms with Gasteiger partial charge < -0.3 is 13.7 Å². The lowest BCUT2D eigenvalue weighted by molar-refractivity contribution is -0.144. The fourth-order valence-corrected chi connectivity index (χ4v) is 2.69. The molecule has 6 nitrogen and oxygen atoms in total. The molecule has 0 spiro atoms. The van der Waals surface area contributed by atoms with Crippen molar-refractivity contribution >= 4 is 16.9 Å². The first-order chi connectivity index (χ1) is 12.7. The van der Waals surface area contributed by atoms with Crippen LogP contribution >= 0.6 is 0 Å². The van der Waals surface area contributed by atoms with Crippen molar-refractivity contribution in [2.24, 2.45) is 0 Å². The summed E-state index contributed by atoms with van der Waals surface area (Å²) in [4.78, 5) is 16.4. The van der Waals surface area contributed by atoms with Crippen LogP contribution in [-0.2, 0) is 22.6 Å². The van der Waals surface area contributed by atoms with Gasteiger partial charge in [-0.3, -0.25) is 4.79 Å². The monoisotopic (exact) mass is 348 g/mol.